The van der Waals surface area contributed by atoms with Crippen LogP contribution in [0.15, 0.2) is 6.07 Å². The lowest BCUT2D eigenvalue weighted by Gasteiger charge is -2.18. The Kier molecular flexibility index (Phi) is 6.41. The number of hydrogen-bond acceptors (Lipinski definition) is 7. The van der Waals surface area contributed by atoms with E-state index < -0.39 is 14.2 Å². The summed E-state index contributed by atoms with van der Waals surface area (Å²) in [6.45, 7) is 8.22. The SMILES string of the molecule is C[Si](C)(C)CCOC(I)c1nc2nc(O[C@@H]3CO[C@H]4[C@@H]3OC[C@H]4O)[nH]c2cc1Cl. The van der Waals surface area contributed by atoms with Crippen molar-refractivity contribution in [2.45, 2.75) is 54.2 Å². The Balaban J connectivity index is 1.45. The Labute approximate surface area is 188 Å². The van der Waals surface area contributed by atoms with Crippen LogP contribution < -0.4 is 4.74 Å². The molecular formula is C18H25ClIN3O5Si. The molecule has 0 radical (unpaired) electrons. The number of hydrogen-bond donors (Lipinski definition) is 2. The molecule has 160 valence electrons. The van der Waals surface area contributed by atoms with Gasteiger partial charge in [0.25, 0.3) is 6.01 Å². The molecule has 2 saturated heterocycles. The summed E-state index contributed by atoms with van der Waals surface area (Å²) in [6.07, 6.45) is -1.61. The van der Waals surface area contributed by atoms with E-state index in [1.165, 1.54) is 0 Å². The zero-order valence-electron chi connectivity index (χ0n) is 16.5. The van der Waals surface area contributed by atoms with Crippen LogP contribution in [0.1, 0.15) is 9.80 Å². The molecule has 5 atom stereocenters. The van der Waals surface area contributed by atoms with Gasteiger partial charge in [0, 0.05) is 14.7 Å². The summed E-state index contributed by atoms with van der Waals surface area (Å²) in [5.74, 6) is 0. The number of nitrogens with zero attached hydrogens (tertiary/aromatic N) is 2. The first-order valence-corrected chi connectivity index (χ1v) is 14.9. The van der Waals surface area contributed by atoms with Crippen LogP contribution in [0.3, 0.4) is 0 Å². The van der Waals surface area contributed by atoms with Gasteiger partial charge in [0.2, 0.25) is 0 Å². The van der Waals surface area contributed by atoms with Gasteiger partial charge < -0.3 is 29.0 Å². The molecular weight excluding hydrogens is 529 g/mol. The highest BCUT2D eigenvalue weighted by atomic mass is 127. The summed E-state index contributed by atoms with van der Waals surface area (Å²) >= 11 is 8.64. The highest BCUT2D eigenvalue weighted by molar-refractivity contribution is 14.1. The summed E-state index contributed by atoms with van der Waals surface area (Å²) in [5, 5.41) is 10.4. The van der Waals surface area contributed by atoms with Crippen LogP contribution in [-0.2, 0) is 14.2 Å². The summed E-state index contributed by atoms with van der Waals surface area (Å²) in [7, 11) is -1.16. The molecule has 2 aromatic heterocycles. The smallest absolute Gasteiger partial charge is 0.296 e. The van der Waals surface area contributed by atoms with E-state index in [1.54, 1.807) is 6.07 Å². The average Bonchev–Trinajstić information content (AvgIpc) is 3.30. The molecule has 0 saturated carbocycles. The molecule has 1 unspecified atom stereocenters. The largest absolute Gasteiger partial charge is 0.456 e. The number of ether oxygens (including phenoxy) is 4. The maximum absolute atomic E-state index is 9.85. The highest BCUT2D eigenvalue weighted by Gasteiger charge is 2.48. The fourth-order valence-electron chi connectivity index (χ4n) is 3.36. The van der Waals surface area contributed by atoms with Crippen molar-refractivity contribution in [3.05, 3.63) is 16.8 Å². The molecule has 4 rings (SSSR count). The molecule has 11 heteroatoms. The third-order valence-corrected chi connectivity index (χ3v) is 7.96. The fourth-order valence-corrected chi connectivity index (χ4v) is 5.25. The van der Waals surface area contributed by atoms with Crippen LogP contribution in [0.2, 0.25) is 30.7 Å². The molecule has 2 aliphatic rings. The van der Waals surface area contributed by atoms with E-state index >= 15 is 0 Å². The molecule has 2 fully saturated rings. The number of nitrogens with one attached hydrogen (secondary N) is 1. The fraction of sp³-hybridized carbons (Fsp3) is 0.667. The van der Waals surface area contributed by atoms with Crippen molar-refractivity contribution in [1.29, 1.82) is 0 Å². The topological polar surface area (TPSA) is 98.7 Å². The highest BCUT2D eigenvalue weighted by Crippen LogP contribution is 2.33. The van der Waals surface area contributed by atoms with Crippen molar-refractivity contribution < 1.29 is 24.1 Å². The number of alkyl halides is 1. The van der Waals surface area contributed by atoms with Crippen LogP contribution in [0.25, 0.3) is 11.2 Å². The number of imidazole rings is 1. The lowest BCUT2D eigenvalue weighted by molar-refractivity contribution is 0.00706. The predicted octanol–water partition coefficient (Wildman–Crippen LogP) is 3.31. The summed E-state index contributed by atoms with van der Waals surface area (Å²) in [4.78, 5) is 12.1. The van der Waals surface area contributed by atoms with E-state index in [0.717, 1.165) is 6.04 Å². The third-order valence-electron chi connectivity index (χ3n) is 5.01. The number of pyridine rings is 1. The van der Waals surface area contributed by atoms with Gasteiger partial charge >= 0.3 is 0 Å². The average molecular weight is 554 g/mol. The first-order chi connectivity index (χ1) is 13.7. The second kappa shape index (κ2) is 8.56. The van der Waals surface area contributed by atoms with Gasteiger partial charge in [0.1, 0.15) is 24.0 Å². The maximum atomic E-state index is 9.85. The van der Waals surface area contributed by atoms with Gasteiger partial charge in [-0.15, -0.1) is 0 Å². The van der Waals surface area contributed by atoms with Crippen LogP contribution in [0, 0.1) is 0 Å². The zero-order chi connectivity index (χ0) is 20.8. The molecule has 8 nitrogen and oxygen atoms in total. The Morgan fingerprint density at radius 3 is 2.83 bits per heavy atom. The minimum atomic E-state index is -1.16. The van der Waals surface area contributed by atoms with Gasteiger partial charge in [0.15, 0.2) is 15.9 Å². The van der Waals surface area contributed by atoms with Crippen molar-refractivity contribution in [1.82, 2.24) is 15.0 Å². The summed E-state index contributed by atoms with van der Waals surface area (Å²) in [6, 6.07) is 3.19. The minimum Gasteiger partial charge on any atom is -0.456 e. The van der Waals surface area contributed by atoms with Crippen LogP contribution >= 0.6 is 34.2 Å². The summed E-state index contributed by atoms with van der Waals surface area (Å²) in [5.41, 5.74) is 1.85. The molecule has 29 heavy (non-hydrogen) atoms. The Hall–Kier alpha value is -0.503. The van der Waals surface area contributed by atoms with E-state index in [1.807, 2.05) is 0 Å². The molecule has 0 amide bonds. The Morgan fingerprint density at radius 1 is 1.31 bits per heavy atom. The van der Waals surface area contributed by atoms with E-state index in [9.17, 15) is 5.11 Å². The lowest BCUT2D eigenvalue weighted by Crippen LogP contribution is -2.34. The number of H-pyrrole nitrogens is 1. The third kappa shape index (κ3) is 4.88. The van der Waals surface area contributed by atoms with Crippen LogP contribution in [0.4, 0.5) is 0 Å². The number of rotatable bonds is 7. The normalized spacial score (nSPS) is 28.1. The van der Waals surface area contributed by atoms with Gasteiger partial charge in [0.05, 0.1) is 23.8 Å². The molecule has 4 heterocycles. The van der Waals surface area contributed by atoms with Gasteiger partial charge in [-0.2, -0.15) is 4.98 Å². The van der Waals surface area contributed by atoms with E-state index in [0.29, 0.717) is 41.1 Å². The molecule has 0 spiro atoms. The van der Waals surface area contributed by atoms with Crippen molar-refractivity contribution in [3.63, 3.8) is 0 Å². The lowest BCUT2D eigenvalue weighted by atomic mass is 10.1. The standard InChI is InChI=1S/C18H25ClIN3O5Si/c1-29(2,3)5-4-25-16(20)13-9(19)6-10-17(22-13)23-18(21-10)28-12-8-27-14-11(24)7-26-15(12)14/h6,11-12,14-16,24H,4-5,7-8H2,1-3H3,(H,21,22,23)/t11-,12-,14-,15-,16?/m1/s1. The van der Waals surface area contributed by atoms with Crippen molar-refractivity contribution in [3.8, 4) is 6.01 Å². The quantitative estimate of drug-likeness (QED) is 0.308. The number of aliphatic hydroxyl groups is 1. The molecule has 0 bridgehead atoms. The maximum Gasteiger partial charge on any atom is 0.296 e. The van der Waals surface area contributed by atoms with Crippen LogP contribution in [-0.4, -0.2) is 72.4 Å². The molecule has 2 aliphatic heterocycles. The molecule has 2 aromatic rings. The van der Waals surface area contributed by atoms with E-state index in [2.05, 4.69) is 57.2 Å². The summed E-state index contributed by atoms with van der Waals surface area (Å²) < 4.78 is 22.8. The van der Waals surface area contributed by atoms with Gasteiger partial charge in [-0.25, -0.2) is 4.98 Å². The molecule has 0 aromatic carbocycles. The van der Waals surface area contributed by atoms with Gasteiger partial charge in [-0.05, 0) is 34.7 Å². The monoisotopic (exact) mass is 553 g/mol. The first-order valence-electron chi connectivity index (χ1n) is 9.61. The number of fused-ring (bicyclic) bond motifs is 2. The van der Waals surface area contributed by atoms with Crippen LogP contribution in [0.5, 0.6) is 6.01 Å². The van der Waals surface area contributed by atoms with E-state index in [-0.39, 0.29) is 29.0 Å². The Bertz CT molecular complexity index is 879. The van der Waals surface area contributed by atoms with Gasteiger partial charge in [-0.3, -0.25) is 0 Å². The molecule has 0 aliphatic carbocycles. The van der Waals surface area contributed by atoms with Crippen molar-refractivity contribution in [2.24, 2.45) is 0 Å². The number of halogens is 2. The Morgan fingerprint density at radius 2 is 2.07 bits per heavy atom. The van der Waals surface area contributed by atoms with Crippen molar-refractivity contribution >= 4 is 53.4 Å². The second-order valence-corrected chi connectivity index (χ2v) is 15.7. The van der Waals surface area contributed by atoms with Crippen molar-refractivity contribution in [2.75, 3.05) is 19.8 Å². The first kappa shape index (κ1) is 21.7. The van der Waals surface area contributed by atoms with E-state index in [4.69, 9.17) is 30.5 Å². The van der Waals surface area contributed by atoms with Gasteiger partial charge in [-0.1, -0.05) is 31.2 Å². The number of aliphatic hydroxyl groups excluding tert-OH is 1. The minimum absolute atomic E-state index is 0.251. The predicted molar refractivity (Wildman–Crippen MR) is 120 cm³/mol. The number of aromatic amines is 1. The second-order valence-electron chi connectivity index (χ2n) is 8.59. The number of aromatic nitrogens is 3. The molecule has 2 N–H and O–H groups in total. The zero-order valence-corrected chi connectivity index (χ0v) is 20.4.